The first-order valence-electron chi connectivity index (χ1n) is 7.56. The Morgan fingerprint density at radius 2 is 2.05 bits per heavy atom. The number of hydrogen-bond acceptors (Lipinski definition) is 4. The highest BCUT2D eigenvalue weighted by molar-refractivity contribution is 7.99. The molecule has 1 amide bonds. The van der Waals surface area contributed by atoms with E-state index in [1.807, 2.05) is 24.3 Å². The molecule has 1 aliphatic heterocycles. The number of morpholine rings is 1. The lowest BCUT2D eigenvalue weighted by Crippen LogP contribution is -2.47. The molecule has 1 aliphatic rings. The van der Waals surface area contributed by atoms with E-state index in [2.05, 4.69) is 17.1 Å². The van der Waals surface area contributed by atoms with Gasteiger partial charge in [0.2, 0.25) is 5.91 Å². The highest BCUT2D eigenvalue weighted by Gasteiger charge is 2.17. The number of halogens is 1. The molecule has 1 heterocycles. The van der Waals surface area contributed by atoms with Crippen molar-refractivity contribution in [1.29, 1.82) is 0 Å². The highest BCUT2D eigenvalue weighted by atomic mass is 35.5. The molecular weight excluding hydrogens is 320 g/mol. The van der Waals surface area contributed by atoms with Gasteiger partial charge >= 0.3 is 0 Å². The molecule has 1 fully saturated rings. The largest absolute Gasteiger partial charge is 0.379 e. The van der Waals surface area contributed by atoms with Crippen molar-refractivity contribution in [2.45, 2.75) is 18.7 Å². The molecule has 0 aromatic heterocycles. The maximum absolute atomic E-state index is 11.9. The molecule has 0 radical (unpaired) electrons. The predicted molar refractivity (Wildman–Crippen MR) is 92.5 cm³/mol. The molecular formula is C16H23ClN2O2S. The quantitative estimate of drug-likeness (QED) is 0.826. The van der Waals surface area contributed by atoms with Gasteiger partial charge in [0.25, 0.3) is 0 Å². The van der Waals surface area contributed by atoms with Crippen molar-refractivity contribution in [3.05, 3.63) is 34.9 Å². The van der Waals surface area contributed by atoms with Crippen molar-refractivity contribution < 1.29 is 9.53 Å². The topological polar surface area (TPSA) is 41.6 Å². The van der Waals surface area contributed by atoms with Crippen LogP contribution in [0, 0.1) is 0 Å². The fourth-order valence-corrected chi connectivity index (χ4v) is 3.25. The Morgan fingerprint density at radius 3 is 2.73 bits per heavy atom. The Hall–Kier alpha value is -0.750. The lowest BCUT2D eigenvalue weighted by atomic mass is 10.2. The lowest BCUT2D eigenvalue weighted by Gasteiger charge is -2.32. The summed E-state index contributed by atoms with van der Waals surface area (Å²) in [6.07, 6.45) is 0. The monoisotopic (exact) mass is 342 g/mol. The molecule has 0 aliphatic carbocycles. The van der Waals surface area contributed by atoms with Gasteiger partial charge in [0.05, 0.1) is 19.0 Å². The van der Waals surface area contributed by atoms with Gasteiger partial charge in [-0.25, -0.2) is 0 Å². The van der Waals surface area contributed by atoms with Crippen molar-refractivity contribution >= 4 is 29.3 Å². The van der Waals surface area contributed by atoms with E-state index in [0.717, 1.165) is 37.1 Å². The zero-order valence-electron chi connectivity index (χ0n) is 12.9. The van der Waals surface area contributed by atoms with Crippen LogP contribution in [0.4, 0.5) is 0 Å². The Morgan fingerprint density at radius 1 is 1.36 bits per heavy atom. The van der Waals surface area contributed by atoms with Crippen LogP contribution in [-0.2, 0) is 15.3 Å². The summed E-state index contributed by atoms with van der Waals surface area (Å²) in [6.45, 7) is 6.31. The summed E-state index contributed by atoms with van der Waals surface area (Å²) in [5.41, 5.74) is 1.18. The van der Waals surface area contributed by atoms with Crippen LogP contribution in [-0.4, -0.2) is 55.4 Å². The first kappa shape index (κ1) is 17.6. The molecule has 0 saturated carbocycles. The van der Waals surface area contributed by atoms with Gasteiger partial charge in [0, 0.05) is 36.5 Å². The zero-order chi connectivity index (χ0) is 15.8. The molecule has 122 valence electrons. The third-order valence-corrected chi connectivity index (χ3v) is 4.93. The molecule has 2 rings (SSSR count). The van der Waals surface area contributed by atoms with Gasteiger partial charge in [0.15, 0.2) is 0 Å². The summed E-state index contributed by atoms with van der Waals surface area (Å²) < 4.78 is 5.34. The molecule has 22 heavy (non-hydrogen) atoms. The molecule has 1 atom stereocenters. The number of amides is 1. The number of ether oxygens (including phenoxy) is 1. The molecule has 1 aromatic rings. The molecule has 0 spiro atoms. The van der Waals surface area contributed by atoms with Crippen LogP contribution in [0.5, 0.6) is 0 Å². The molecule has 4 nitrogen and oxygen atoms in total. The number of carbonyl (C=O) groups is 1. The Balaban J connectivity index is 1.60. The zero-order valence-corrected chi connectivity index (χ0v) is 14.5. The molecule has 6 heteroatoms. The van der Waals surface area contributed by atoms with Gasteiger partial charge in [-0.05, 0) is 24.6 Å². The average molecular weight is 343 g/mol. The summed E-state index contributed by atoms with van der Waals surface area (Å²) in [6, 6.07) is 8.10. The van der Waals surface area contributed by atoms with Crippen molar-refractivity contribution in [1.82, 2.24) is 10.2 Å². The van der Waals surface area contributed by atoms with E-state index in [1.165, 1.54) is 5.56 Å². The van der Waals surface area contributed by atoms with E-state index in [1.54, 1.807) is 11.8 Å². The van der Waals surface area contributed by atoms with E-state index in [0.29, 0.717) is 18.3 Å². The van der Waals surface area contributed by atoms with Crippen LogP contribution in [0.2, 0.25) is 5.02 Å². The van der Waals surface area contributed by atoms with E-state index in [-0.39, 0.29) is 5.91 Å². The van der Waals surface area contributed by atoms with Crippen molar-refractivity contribution in [3.8, 4) is 0 Å². The number of hydrogen-bond donors (Lipinski definition) is 1. The SMILES string of the molecule is CC(CNC(=O)CSCc1ccc(Cl)cc1)N1CCOCC1. The number of nitrogens with one attached hydrogen (secondary N) is 1. The molecule has 0 bridgehead atoms. The second kappa shape index (κ2) is 9.40. The maximum atomic E-state index is 11.9. The highest BCUT2D eigenvalue weighted by Crippen LogP contribution is 2.15. The summed E-state index contributed by atoms with van der Waals surface area (Å²) >= 11 is 7.47. The van der Waals surface area contributed by atoms with Gasteiger partial charge < -0.3 is 10.1 Å². The first-order valence-corrected chi connectivity index (χ1v) is 9.09. The summed E-state index contributed by atoms with van der Waals surface area (Å²) in [4.78, 5) is 14.2. The van der Waals surface area contributed by atoms with E-state index in [9.17, 15) is 4.79 Å². The van der Waals surface area contributed by atoms with Gasteiger partial charge in [-0.1, -0.05) is 23.7 Å². The van der Waals surface area contributed by atoms with Crippen LogP contribution < -0.4 is 5.32 Å². The second-order valence-corrected chi connectivity index (χ2v) is 6.84. The summed E-state index contributed by atoms with van der Waals surface area (Å²) in [7, 11) is 0. The Kier molecular flexibility index (Phi) is 7.52. The van der Waals surface area contributed by atoms with Crippen molar-refractivity contribution in [2.24, 2.45) is 0 Å². The fourth-order valence-electron chi connectivity index (χ4n) is 2.30. The molecule has 1 unspecified atom stereocenters. The van der Waals surface area contributed by atoms with Gasteiger partial charge in [-0.15, -0.1) is 11.8 Å². The summed E-state index contributed by atoms with van der Waals surface area (Å²) in [5.74, 6) is 1.40. The predicted octanol–water partition coefficient (Wildman–Crippen LogP) is 2.41. The van der Waals surface area contributed by atoms with E-state index >= 15 is 0 Å². The number of benzene rings is 1. The maximum Gasteiger partial charge on any atom is 0.230 e. The van der Waals surface area contributed by atoms with Crippen LogP contribution in [0.25, 0.3) is 0 Å². The Bertz CT molecular complexity index is 464. The molecule has 1 aromatic carbocycles. The molecule has 1 saturated heterocycles. The smallest absolute Gasteiger partial charge is 0.230 e. The number of carbonyl (C=O) groups excluding carboxylic acids is 1. The van der Waals surface area contributed by atoms with Crippen molar-refractivity contribution in [3.63, 3.8) is 0 Å². The lowest BCUT2D eigenvalue weighted by molar-refractivity contribution is -0.118. The van der Waals surface area contributed by atoms with Crippen LogP contribution in [0.1, 0.15) is 12.5 Å². The minimum atomic E-state index is 0.0964. The average Bonchev–Trinajstić information content (AvgIpc) is 2.55. The number of thioether (sulfide) groups is 1. The third kappa shape index (κ3) is 6.16. The van der Waals surface area contributed by atoms with E-state index < -0.39 is 0 Å². The number of rotatable bonds is 7. The first-order chi connectivity index (χ1) is 10.6. The normalized spacial score (nSPS) is 17.2. The molecule has 1 N–H and O–H groups in total. The van der Waals surface area contributed by atoms with Gasteiger partial charge in [0.1, 0.15) is 0 Å². The summed E-state index contributed by atoms with van der Waals surface area (Å²) in [5, 5.41) is 3.75. The van der Waals surface area contributed by atoms with E-state index in [4.69, 9.17) is 16.3 Å². The Labute approximate surface area is 141 Å². The second-order valence-electron chi connectivity index (χ2n) is 5.42. The number of nitrogens with zero attached hydrogens (tertiary/aromatic N) is 1. The fraction of sp³-hybridized carbons (Fsp3) is 0.562. The van der Waals surface area contributed by atoms with Gasteiger partial charge in [-0.2, -0.15) is 0 Å². The van der Waals surface area contributed by atoms with Crippen molar-refractivity contribution in [2.75, 3.05) is 38.6 Å². The minimum Gasteiger partial charge on any atom is -0.379 e. The van der Waals surface area contributed by atoms with Crippen LogP contribution in [0.15, 0.2) is 24.3 Å². The van der Waals surface area contributed by atoms with Crippen LogP contribution in [0.3, 0.4) is 0 Å². The van der Waals surface area contributed by atoms with Crippen LogP contribution >= 0.6 is 23.4 Å². The minimum absolute atomic E-state index is 0.0964. The standard InChI is InChI=1S/C16H23ClN2O2S/c1-13(19-6-8-21-9-7-19)10-18-16(20)12-22-11-14-2-4-15(17)5-3-14/h2-5,13H,6-12H2,1H3,(H,18,20). The van der Waals surface area contributed by atoms with Gasteiger partial charge in [-0.3, -0.25) is 9.69 Å². The third-order valence-electron chi connectivity index (χ3n) is 3.68.